The fourth-order valence-electron chi connectivity index (χ4n) is 1.65. The first kappa shape index (κ1) is 13.4. The second-order valence-corrected chi connectivity index (χ2v) is 4.79. The highest BCUT2D eigenvalue weighted by molar-refractivity contribution is 7.08. The molecule has 0 saturated heterocycles. The third-order valence-electron chi connectivity index (χ3n) is 2.80. The van der Waals surface area contributed by atoms with Crippen LogP contribution < -0.4 is 11.1 Å². The van der Waals surface area contributed by atoms with Gasteiger partial charge in [-0.2, -0.15) is 11.3 Å². The number of aromatic nitrogens is 1. The topological polar surface area (TPSA) is 77.2 Å². The van der Waals surface area contributed by atoms with Crippen molar-refractivity contribution in [2.45, 2.75) is 13.5 Å². The van der Waals surface area contributed by atoms with Gasteiger partial charge in [-0.25, -0.2) is 9.78 Å². The molecule has 6 heteroatoms. The number of methoxy groups -OCH3 is 1. The van der Waals surface area contributed by atoms with E-state index < -0.39 is 5.97 Å². The van der Waals surface area contributed by atoms with E-state index in [1.165, 1.54) is 24.4 Å². The number of hydrogen-bond donors (Lipinski definition) is 2. The van der Waals surface area contributed by atoms with Crippen LogP contribution in [0.25, 0.3) is 0 Å². The van der Waals surface area contributed by atoms with Gasteiger partial charge < -0.3 is 15.8 Å². The van der Waals surface area contributed by atoms with Gasteiger partial charge in [-0.05, 0) is 34.9 Å². The molecule has 100 valence electrons. The minimum atomic E-state index is -0.463. The predicted octanol–water partition coefficient (Wildman–Crippen LogP) is 2.43. The van der Waals surface area contributed by atoms with E-state index in [2.05, 4.69) is 32.7 Å². The van der Waals surface area contributed by atoms with Crippen molar-refractivity contribution in [3.63, 3.8) is 0 Å². The van der Waals surface area contributed by atoms with E-state index in [0.29, 0.717) is 23.6 Å². The quantitative estimate of drug-likeness (QED) is 0.839. The molecule has 2 aromatic rings. The largest absolute Gasteiger partial charge is 0.465 e. The average Bonchev–Trinajstić information content (AvgIpc) is 2.82. The van der Waals surface area contributed by atoms with Gasteiger partial charge in [0.05, 0.1) is 18.4 Å². The number of thiophene rings is 1. The second-order valence-electron chi connectivity index (χ2n) is 4.05. The molecule has 0 radical (unpaired) electrons. The Bertz CT molecular complexity index is 595. The zero-order valence-electron chi connectivity index (χ0n) is 10.8. The third-order valence-corrected chi connectivity index (χ3v) is 3.71. The zero-order valence-corrected chi connectivity index (χ0v) is 11.6. The summed E-state index contributed by atoms with van der Waals surface area (Å²) in [6.07, 6.45) is 1.53. The first-order valence-corrected chi connectivity index (χ1v) is 6.66. The molecule has 0 aliphatic carbocycles. The maximum Gasteiger partial charge on any atom is 0.340 e. The number of nitrogens with two attached hydrogens (primary N) is 1. The predicted molar refractivity (Wildman–Crippen MR) is 76.4 cm³/mol. The molecule has 0 aromatic carbocycles. The van der Waals surface area contributed by atoms with Crippen LogP contribution in [0.1, 0.15) is 21.5 Å². The van der Waals surface area contributed by atoms with Crippen LogP contribution in [0.3, 0.4) is 0 Å². The van der Waals surface area contributed by atoms with Gasteiger partial charge in [-0.15, -0.1) is 0 Å². The lowest BCUT2D eigenvalue weighted by Gasteiger charge is -2.10. The summed E-state index contributed by atoms with van der Waals surface area (Å²) in [5, 5.41) is 7.29. The van der Waals surface area contributed by atoms with Crippen LogP contribution in [0, 0.1) is 6.92 Å². The van der Waals surface area contributed by atoms with Crippen LogP contribution in [-0.2, 0) is 11.3 Å². The Balaban J connectivity index is 2.17. The number of rotatable bonds is 4. The average molecular weight is 277 g/mol. The molecule has 0 unspecified atom stereocenters. The number of nitrogens with one attached hydrogen (secondary N) is 1. The lowest BCUT2D eigenvalue weighted by atomic mass is 10.2. The lowest BCUT2D eigenvalue weighted by Crippen LogP contribution is -2.10. The van der Waals surface area contributed by atoms with Crippen molar-refractivity contribution < 1.29 is 9.53 Å². The van der Waals surface area contributed by atoms with E-state index in [-0.39, 0.29) is 0 Å². The number of carbonyl (C=O) groups is 1. The molecule has 2 heterocycles. The molecule has 0 amide bonds. The first-order chi connectivity index (χ1) is 9.13. The lowest BCUT2D eigenvalue weighted by molar-refractivity contribution is 0.0602. The molecular weight excluding hydrogens is 262 g/mol. The second kappa shape index (κ2) is 5.71. The molecule has 0 aliphatic rings. The van der Waals surface area contributed by atoms with Gasteiger partial charge >= 0.3 is 5.97 Å². The molecule has 2 rings (SSSR count). The number of pyridine rings is 1. The van der Waals surface area contributed by atoms with Gasteiger partial charge in [0.25, 0.3) is 0 Å². The van der Waals surface area contributed by atoms with Crippen molar-refractivity contribution in [1.82, 2.24) is 4.98 Å². The molecule has 0 aliphatic heterocycles. The number of hydrogen-bond acceptors (Lipinski definition) is 6. The van der Waals surface area contributed by atoms with Crippen LogP contribution in [0.15, 0.2) is 23.0 Å². The van der Waals surface area contributed by atoms with E-state index >= 15 is 0 Å². The molecular formula is C13H15N3O2S. The minimum absolute atomic E-state index is 0.308. The Morgan fingerprint density at radius 3 is 2.95 bits per heavy atom. The van der Waals surface area contributed by atoms with Crippen molar-refractivity contribution in [3.8, 4) is 0 Å². The smallest absolute Gasteiger partial charge is 0.340 e. The van der Waals surface area contributed by atoms with Crippen molar-refractivity contribution in [2.75, 3.05) is 18.2 Å². The molecule has 3 N–H and O–H groups in total. The van der Waals surface area contributed by atoms with Crippen LogP contribution in [0.5, 0.6) is 0 Å². The van der Waals surface area contributed by atoms with Crippen LogP contribution >= 0.6 is 11.3 Å². The van der Waals surface area contributed by atoms with Crippen molar-refractivity contribution in [2.24, 2.45) is 0 Å². The number of carbonyl (C=O) groups excluding carboxylic acids is 1. The molecule has 0 spiro atoms. The van der Waals surface area contributed by atoms with Gasteiger partial charge in [-0.3, -0.25) is 0 Å². The van der Waals surface area contributed by atoms with Gasteiger partial charge in [0, 0.05) is 12.7 Å². The molecule has 0 saturated carbocycles. The highest BCUT2D eigenvalue weighted by Gasteiger charge is 2.13. The summed E-state index contributed by atoms with van der Waals surface area (Å²) in [6, 6.07) is 1.54. The fourth-order valence-corrected chi connectivity index (χ4v) is 2.51. The number of nitrogens with zero attached hydrogens (tertiary/aromatic N) is 1. The number of ether oxygens (including phenoxy) is 1. The first-order valence-electron chi connectivity index (χ1n) is 5.71. The Labute approximate surface area is 115 Å². The molecule has 5 nitrogen and oxygen atoms in total. The normalized spacial score (nSPS) is 10.2. The van der Waals surface area contributed by atoms with E-state index in [1.54, 1.807) is 17.4 Å². The summed E-state index contributed by atoms with van der Waals surface area (Å²) in [6.45, 7) is 2.67. The van der Waals surface area contributed by atoms with Gasteiger partial charge in [0.15, 0.2) is 0 Å². The van der Waals surface area contributed by atoms with Crippen LogP contribution in [-0.4, -0.2) is 18.1 Å². The molecule has 19 heavy (non-hydrogen) atoms. The van der Waals surface area contributed by atoms with Gasteiger partial charge in [0.2, 0.25) is 0 Å². The maximum atomic E-state index is 11.5. The Morgan fingerprint density at radius 2 is 2.32 bits per heavy atom. The summed E-state index contributed by atoms with van der Waals surface area (Å²) < 4.78 is 4.67. The summed E-state index contributed by atoms with van der Waals surface area (Å²) in [5.41, 5.74) is 8.95. The molecule has 2 aromatic heterocycles. The van der Waals surface area contributed by atoms with E-state index in [4.69, 9.17) is 5.73 Å². The maximum absolute atomic E-state index is 11.5. The Kier molecular flexibility index (Phi) is 4.01. The summed E-state index contributed by atoms with van der Waals surface area (Å²) >= 11 is 1.65. The summed E-state index contributed by atoms with van der Waals surface area (Å²) in [4.78, 5) is 15.7. The number of esters is 1. The highest BCUT2D eigenvalue weighted by atomic mass is 32.1. The number of nitrogen functional groups attached to an aromatic ring is 1. The number of anilines is 2. The zero-order chi connectivity index (χ0) is 13.8. The summed E-state index contributed by atoms with van der Waals surface area (Å²) in [5.74, 6) is 0.0307. The van der Waals surface area contributed by atoms with Crippen molar-refractivity contribution in [3.05, 3.63) is 39.7 Å². The summed E-state index contributed by atoms with van der Waals surface area (Å²) in [7, 11) is 1.32. The molecule has 0 fully saturated rings. The van der Waals surface area contributed by atoms with E-state index in [0.717, 1.165) is 0 Å². The van der Waals surface area contributed by atoms with Crippen LogP contribution in [0.4, 0.5) is 11.5 Å². The van der Waals surface area contributed by atoms with Gasteiger partial charge in [0.1, 0.15) is 5.82 Å². The molecule has 0 bridgehead atoms. The minimum Gasteiger partial charge on any atom is -0.465 e. The highest BCUT2D eigenvalue weighted by Crippen LogP contribution is 2.22. The SMILES string of the molecule is COC(=O)c1ccnc(NCc2cscc2C)c1N. The van der Waals surface area contributed by atoms with E-state index in [1.807, 2.05) is 0 Å². The third kappa shape index (κ3) is 2.85. The standard InChI is InChI=1S/C13H15N3O2S/c1-8-6-19-7-9(8)5-16-12-11(14)10(3-4-15-12)13(17)18-2/h3-4,6-7H,5,14H2,1-2H3,(H,15,16). The van der Waals surface area contributed by atoms with Gasteiger partial charge in [-0.1, -0.05) is 0 Å². The van der Waals surface area contributed by atoms with Crippen molar-refractivity contribution in [1.29, 1.82) is 0 Å². The van der Waals surface area contributed by atoms with Crippen LogP contribution in [0.2, 0.25) is 0 Å². The number of aryl methyl sites for hydroxylation is 1. The fraction of sp³-hybridized carbons (Fsp3) is 0.231. The monoisotopic (exact) mass is 277 g/mol. The Hall–Kier alpha value is -2.08. The van der Waals surface area contributed by atoms with Crippen molar-refractivity contribution >= 4 is 28.8 Å². The van der Waals surface area contributed by atoms with E-state index in [9.17, 15) is 4.79 Å². The molecule has 0 atom stereocenters. The Morgan fingerprint density at radius 1 is 1.53 bits per heavy atom.